The summed E-state index contributed by atoms with van der Waals surface area (Å²) in [5.41, 5.74) is 0.384. The molecule has 4 heterocycles. The molecule has 2 aliphatic rings. The molecule has 2 aliphatic heterocycles. The van der Waals surface area contributed by atoms with Crippen LogP contribution in [0.1, 0.15) is 37.4 Å². The third kappa shape index (κ3) is 6.48. The molecule has 0 bridgehead atoms. The standard InChI is InChI=1S/C26H30F3N7O3/c1-16(2)39-21-13-35(14-21)25(37)31-10-18-4-3-17(9-22(18)26(27,28)29)23-5-7-30-24(34-23)33-19-11-32-36(12-19)20-6-8-38-15-20/h3-5,7,9,11-12,16,20-21H,6,8,10,13-15H2,1-2H3,(H,31,37)(H,30,33,34)/t20-/m0/s1. The van der Waals surface area contributed by atoms with E-state index in [-0.39, 0.29) is 41.9 Å². The van der Waals surface area contributed by atoms with Crippen LogP contribution in [0.3, 0.4) is 0 Å². The molecule has 2 amide bonds. The Morgan fingerprint density at radius 1 is 1.26 bits per heavy atom. The molecule has 5 rings (SSSR count). The van der Waals surface area contributed by atoms with Gasteiger partial charge in [-0.2, -0.15) is 18.3 Å². The number of nitrogens with zero attached hydrogens (tertiary/aromatic N) is 5. The molecule has 0 radical (unpaired) electrons. The lowest BCUT2D eigenvalue weighted by Crippen LogP contribution is -2.58. The van der Waals surface area contributed by atoms with Crippen molar-refractivity contribution in [3.8, 4) is 11.3 Å². The van der Waals surface area contributed by atoms with E-state index in [2.05, 4.69) is 25.7 Å². The Bertz CT molecular complexity index is 1300. The first kappa shape index (κ1) is 26.9. The lowest BCUT2D eigenvalue weighted by Gasteiger charge is -2.39. The van der Waals surface area contributed by atoms with Gasteiger partial charge < -0.3 is 25.0 Å². The molecule has 0 aliphatic carbocycles. The second kappa shape index (κ2) is 11.2. The highest BCUT2D eigenvalue weighted by molar-refractivity contribution is 5.75. The van der Waals surface area contributed by atoms with E-state index >= 15 is 0 Å². The summed E-state index contributed by atoms with van der Waals surface area (Å²) in [5.74, 6) is 0.230. The minimum absolute atomic E-state index is 0.0363. The van der Waals surface area contributed by atoms with Gasteiger partial charge in [-0.25, -0.2) is 14.8 Å². The van der Waals surface area contributed by atoms with Gasteiger partial charge in [0.25, 0.3) is 0 Å². The number of amides is 2. The number of nitrogens with one attached hydrogen (secondary N) is 2. The van der Waals surface area contributed by atoms with Gasteiger partial charge in [-0.3, -0.25) is 4.68 Å². The molecule has 1 aromatic carbocycles. The number of carbonyl (C=O) groups is 1. The van der Waals surface area contributed by atoms with Crippen molar-refractivity contribution in [2.24, 2.45) is 0 Å². The average molecular weight is 546 g/mol. The molecule has 208 valence electrons. The van der Waals surface area contributed by atoms with E-state index < -0.39 is 17.8 Å². The van der Waals surface area contributed by atoms with Crippen molar-refractivity contribution in [3.05, 3.63) is 54.0 Å². The maximum absolute atomic E-state index is 14.0. The number of halogens is 3. The number of ether oxygens (including phenoxy) is 2. The van der Waals surface area contributed by atoms with Gasteiger partial charge in [0, 0.05) is 31.1 Å². The predicted molar refractivity (Wildman–Crippen MR) is 136 cm³/mol. The number of hydrogen-bond donors (Lipinski definition) is 2. The third-order valence-electron chi connectivity index (χ3n) is 6.53. The summed E-state index contributed by atoms with van der Waals surface area (Å²) < 4.78 is 54.7. The summed E-state index contributed by atoms with van der Waals surface area (Å²) in [5, 5.41) is 9.98. The summed E-state index contributed by atoms with van der Waals surface area (Å²) in [4.78, 5) is 22.5. The molecule has 2 N–H and O–H groups in total. The maximum Gasteiger partial charge on any atom is 0.416 e. The van der Waals surface area contributed by atoms with Crippen LogP contribution in [0.25, 0.3) is 11.3 Å². The number of benzene rings is 1. The van der Waals surface area contributed by atoms with Gasteiger partial charge in [0.1, 0.15) is 0 Å². The zero-order valence-electron chi connectivity index (χ0n) is 21.6. The highest BCUT2D eigenvalue weighted by Crippen LogP contribution is 2.35. The van der Waals surface area contributed by atoms with Crippen LogP contribution in [0.2, 0.25) is 0 Å². The zero-order chi connectivity index (χ0) is 27.6. The highest BCUT2D eigenvalue weighted by atomic mass is 19.4. The van der Waals surface area contributed by atoms with E-state index in [9.17, 15) is 18.0 Å². The van der Waals surface area contributed by atoms with Crippen LogP contribution in [0.15, 0.2) is 42.9 Å². The quantitative estimate of drug-likeness (QED) is 0.433. The number of alkyl halides is 3. The number of hydrogen-bond acceptors (Lipinski definition) is 7. The van der Waals surface area contributed by atoms with Crippen molar-refractivity contribution in [2.75, 3.05) is 31.6 Å². The van der Waals surface area contributed by atoms with Gasteiger partial charge in [-0.1, -0.05) is 12.1 Å². The predicted octanol–water partition coefficient (Wildman–Crippen LogP) is 4.38. The topological polar surface area (TPSA) is 106 Å². The molecule has 1 atom stereocenters. The van der Waals surface area contributed by atoms with Gasteiger partial charge in [-0.15, -0.1) is 0 Å². The fourth-order valence-electron chi connectivity index (χ4n) is 4.55. The Hall–Kier alpha value is -3.71. The van der Waals surface area contributed by atoms with E-state index in [1.807, 2.05) is 24.7 Å². The first-order valence-corrected chi connectivity index (χ1v) is 12.8. The SMILES string of the molecule is CC(C)OC1CN(C(=O)NCc2ccc(-c3ccnc(Nc4cnn([C@H]5CCOC5)c4)n3)cc2C(F)(F)F)C1. The van der Waals surface area contributed by atoms with Crippen LogP contribution in [0.5, 0.6) is 0 Å². The smallest absolute Gasteiger partial charge is 0.379 e. The van der Waals surface area contributed by atoms with Gasteiger partial charge in [0.2, 0.25) is 5.95 Å². The third-order valence-corrected chi connectivity index (χ3v) is 6.53. The Morgan fingerprint density at radius 3 is 2.79 bits per heavy atom. The van der Waals surface area contributed by atoms with Crippen molar-refractivity contribution in [2.45, 2.75) is 51.2 Å². The molecule has 0 saturated carbocycles. The lowest BCUT2D eigenvalue weighted by atomic mass is 10.0. The molecule has 39 heavy (non-hydrogen) atoms. The molecule has 0 spiro atoms. The maximum atomic E-state index is 14.0. The van der Waals surface area contributed by atoms with Crippen LogP contribution in [-0.4, -0.2) is 69.2 Å². The van der Waals surface area contributed by atoms with Crippen LogP contribution in [0, 0.1) is 0 Å². The van der Waals surface area contributed by atoms with E-state index in [0.717, 1.165) is 12.5 Å². The van der Waals surface area contributed by atoms with E-state index in [4.69, 9.17) is 9.47 Å². The number of urea groups is 1. The first-order chi connectivity index (χ1) is 18.7. The van der Waals surface area contributed by atoms with Crippen LogP contribution in [0.4, 0.5) is 29.6 Å². The van der Waals surface area contributed by atoms with Crippen LogP contribution < -0.4 is 10.6 Å². The fourth-order valence-corrected chi connectivity index (χ4v) is 4.55. The van der Waals surface area contributed by atoms with E-state index in [1.54, 1.807) is 18.3 Å². The fraction of sp³-hybridized carbons (Fsp3) is 0.462. The normalized spacial score (nSPS) is 17.9. The van der Waals surface area contributed by atoms with Crippen molar-refractivity contribution >= 4 is 17.7 Å². The van der Waals surface area contributed by atoms with Gasteiger partial charge in [0.15, 0.2) is 0 Å². The summed E-state index contributed by atoms with van der Waals surface area (Å²) in [6.07, 6.45) is 1.19. The Morgan fingerprint density at radius 2 is 2.08 bits per heavy atom. The molecule has 10 nitrogen and oxygen atoms in total. The summed E-state index contributed by atoms with van der Waals surface area (Å²) in [6.45, 7) is 5.67. The minimum Gasteiger partial charge on any atom is -0.379 e. The average Bonchev–Trinajstić information content (AvgIpc) is 3.56. The van der Waals surface area contributed by atoms with Crippen LogP contribution in [-0.2, 0) is 22.2 Å². The van der Waals surface area contributed by atoms with Gasteiger partial charge in [0.05, 0.1) is 61.1 Å². The van der Waals surface area contributed by atoms with Crippen molar-refractivity contribution in [3.63, 3.8) is 0 Å². The molecule has 2 aromatic heterocycles. The molecule has 13 heteroatoms. The number of likely N-dealkylation sites (tertiary alicyclic amines) is 1. The first-order valence-electron chi connectivity index (χ1n) is 12.8. The van der Waals surface area contributed by atoms with Crippen molar-refractivity contribution < 1.29 is 27.4 Å². The van der Waals surface area contributed by atoms with E-state index in [0.29, 0.717) is 37.7 Å². The van der Waals surface area contributed by atoms with Crippen molar-refractivity contribution in [1.82, 2.24) is 30.0 Å². The summed E-state index contributed by atoms with van der Waals surface area (Å²) in [7, 11) is 0. The van der Waals surface area contributed by atoms with E-state index in [1.165, 1.54) is 17.2 Å². The van der Waals surface area contributed by atoms with Gasteiger partial charge >= 0.3 is 12.2 Å². The summed E-state index contributed by atoms with van der Waals surface area (Å²) >= 11 is 0. The molecule has 2 saturated heterocycles. The monoisotopic (exact) mass is 545 g/mol. The zero-order valence-corrected chi connectivity index (χ0v) is 21.6. The Balaban J connectivity index is 1.26. The largest absolute Gasteiger partial charge is 0.416 e. The Kier molecular flexibility index (Phi) is 7.71. The number of carbonyl (C=O) groups excluding carboxylic acids is 1. The van der Waals surface area contributed by atoms with Gasteiger partial charge in [-0.05, 0) is 38.0 Å². The number of aromatic nitrogens is 4. The number of rotatable bonds is 8. The summed E-state index contributed by atoms with van der Waals surface area (Å²) in [6, 6.07) is 5.24. The van der Waals surface area contributed by atoms with Crippen LogP contribution >= 0.6 is 0 Å². The second-order valence-corrected chi connectivity index (χ2v) is 9.86. The second-order valence-electron chi connectivity index (χ2n) is 9.86. The molecular weight excluding hydrogens is 515 g/mol. The lowest BCUT2D eigenvalue weighted by molar-refractivity contribution is -0.138. The molecule has 2 fully saturated rings. The highest BCUT2D eigenvalue weighted by Gasteiger charge is 2.35. The number of anilines is 2. The minimum atomic E-state index is -4.62. The van der Waals surface area contributed by atoms with Crippen molar-refractivity contribution in [1.29, 1.82) is 0 Å². The molecular formula is C26H30F3N7O3. The Labute approximate surface area is 223 Å². The molecule has 0 unspecified atom stereocenters. The molecule has 3 aromatic rings.